The molecular formula is C20H20N4O3S. The molecule has 0 aliphatic carbocycles. The molecule has 28 heavy (non-hydrogen) atoms. The summed E-state index contributed by atoms with van der Waals surface area (Å²) in [4.78, 5) is 4.36. The molecule has 3 aromatic rings. The van der Waals surface area contributed by atoms with Crippen LogP contribution in [0.15, 0.2) is 65.7 Å². The van der Waals surface area contributed by atoms with Crippen molar-refractivity contribution in [1.82, 2.24) is 15.5 Å². The summed E-state index contributed by atoms with van der Waals surface area (Å²) in [5.74, 6) is 2.43. The van der Waals surface area contributed by atoms with Gasteiger partial charge < -0.3 is 24.6 Å². The van der Waals surface area contributed by atoms with Gasteiger partial charge in [0.05, 0.1) is 13.7 Å². The first-order valence-corrected chi connectivity index (χ1v) is 8.94. The molecule has 2 N–H and O–H groups in total. The van der Waals surface area contributed by atoms with Crippen molar-refractivity contribution >= 4 is 23.0 Å². The molecule has 1 aromatic heterocycles. The first kappa shape index (κ1) is 19.4. The second-order valence-electron chi connectivity index (χ2n) is 5.68. The topological polar surface area (TPSA) is 81.4 Å². The second-order valence-corrected chi connectivity index (χ2v) is 6.08. The van der Waals surface area contributed by atoms with Gasteiger partial charge in [-0.05, 0) is 48.6 Å². The Labute approximate surface area is 168 Å². The van der Waals surface area contributed by atoms with E-state index in [-0.39, 0.29) is 0 Å². The van der Waals surface area contributed by atoms with Crippen molar-refractivity contribution in [3.8, 4) is 22.9 Å². The zero-order valence-electron chi connectivity index (χ0n) is 15.3. The van der Waals surface area contributed by atoms with Gasteiger partial charge >= 0.3 is 0 Å². The van der Waals surface area contributed by atoms with Crippen LogP contribution in [0.4, 0.5) is 5.69 Å². The molecule has 0 radical (unpaired) electrons. The van der Waals surface area contributed by atoms with Crippen molar-refractivity contribution in [3.05, 3.63) is 67.1 Å². The highest BCUT2D eigenvalue weighted by molar-refractivity contribution is 7.80. The van der Waals surface area contributed by atoms with Gasteiger partial charge in [0, 0.05) is 17.3 Å². The molecule has 144 valence electrons. The molecule has 0 aliphatic heterocycles. The van der Waals surface area contributed by atoms with Crippen LogP contribution in [-0.4, -0.2) is 29.0 Å². The lowest BCUT2D eigenvalue weighted by Crippen LogP contribution is -2.28. The van der Waals surface area contributed by atoms with Gasteiger partial charge in [0.25, 0.3) is 0 Å². The molecule has 0 saturated heterocycles. The van der Waals surface area contributed by atoms with Crippen LogP contribution in [0.3, 0.4) is 0 Å². The quantitative estimate of drug-likeness (QED) is 0.440. The van der Waals surface area contributed by atoms with Crippen molar-refractivity contribution in [1.29, 1.82) is 0 Å². The Morgan fingerprint density at radius 1 is 1.21 bits per heavy atom. The maximum atomic E-state index is 5.50. The van der Waals surface area contributed by atoms with Gasteiger partial charge in [0.15, 0.2) is 5.11 Å². The fourth-order valence-corrected chi connectivity index (χ4v) is 2.52. The number of nitrogens with zero attached hydrogens (tertiary/aromatic N) is 2. The third-order valence-electron chi connectivity index (χ3n) is 3.68. The Morgan fingerprint density at radius 3 is 2.79 bits per heavy atom. The Morgan fingerprint density at radius 2 is 2.04 bits per heavy atom. The van der Waals surface area contributed by atoms with Crippen LogP contribution in [0.25, 0.3) is 11.4 Å². The summed E-state index contributed by atoms with van der Waals surface area (Å²) in [7, 11) is 1.62. The van der Waals surface area contributed by atoms with Crippen LogP contribution in [0.5, 0.6) is 11.5 Å². The van der Waals surface area contributed by atoms with Gasteiger partial charge in [0.1, 0.15) is 18.1 Å². The number of anilines is 1. The zero-order valence-corrected chi connectivity index (χ0v) is 16.2. The fraction of sp³-hybridized carbons (Fsp3) is 0.150. The van der Waals surface area contributed by atoms with Gasteiger partial charge in [-0.2, -0.15) is 4.98 Å². The van der Waals surface area contributed by atoms with Crippen molar-refractivity contribution in [2.75, 3.05) is 19.0 Å². The predicted octanol–water partition coefficient (Wildman–Crippen LogP) is 3.80. The molecule has 0 spiro atoms. The number of nitrogens with one attached hydrogen (secondary N) is 2. The van der Waals surface area contributed by atoms with Crippen LogP contribution in [-0.2, 0) is 6.54 Å². The number of hydrogen-bond donors (Lipinski definition) is 2. The number of ether oxygens (including phenoxy) is 2. The first-order chi connectivity index (χ1) is 13.7. The molecule has 1 heterocycles. The van der Waals surface area contributed by atoms with Gasteiger partial charge in [-0.25, -0.2) is 0 Å². The molecule has 0 atom stereocenters. The number of hydrogen-bond acceptors (Lipinski definition) is 6. The van der Waals surface area contributed by atoms with Crippen LogP contribution in [0.2, 0.25) is 0 Å². The first-order valence-electron chi connectivity index (χ1n) is 8.53. The third kappa shape index (κ3) is 5.31. The molecule has 0 fully saturated rings. The van der Waals surface area contributed by atoms with Crippen molar-refractivity contribution in [2.45, 2.75) is 6.54 Å². The van der Waals surface area contributed by atoms with Gasteiger partial charge in [-0.3, -0.25) is 0 Å². The molecule has 0 bridgehead atoms. The van der Waals surface area contributed by atoms with E-state index >= 15 is 0 Å². The summed E-state index contributed by atoms with van der Waals surface area (Å²) in [6.45, 7) is 4.38. The minimum Gasteiger partial charge on any atom is -0.497 e. The van der Waals surface area contributed by atoms with E-state index in [9.17, 15) is 0 Å². The van der Waals surface area contributed by atoms with E-state index in [0.29, 0.717) is 30.0 Å². The highest BCUT2D eigenvalue weighted by atomic mass is 32.1. The van der Waals surface area contributed by atoms with E-state index < -0.39 is 0 Å². The smallest absolute Gasteiger partial charge is 0.246 e. The molecule has 2 aromatic carbocycles. The number of benzene rings is 2. The highest BCUT2D eigenvalue weighted by Crippen LogP contribution is 2.20. The molecule has 0 amide bonds. The summed E-state index contributed by atoms with van der Waals surface area (Å²) < 4.78 is 15.9. The number of aromatic nitrogens is 2. The van der Waals surface area contributed by atoms with Crippen LogP contribution in [0.1, 0.15) is 5.89 Å². The lowest BCUT2D eigenvalue weighted by Gasteiger charge is -2.10. The second kappa shape index (κ2) is 9.52. The van der Waals surface area contributed by atoms with Crippen molar-refractivity contribution < 1.29 is 14.0 Å². The molecule has 7 nitrogen and oxygen atoms in total. The van der Waals surface area contributed by atoms with E-state index in [1.54, 1.807) is 13.2 Å². The monoisotopic (exact) mass is 396 g/mol. The minimum absolute atomic E-state index is 0.307. The number of rotatable bonds is 8. The zero-order chi connectivity index (χ0) is 19.8. The molecule has 3 rings (SSSR count). The summed E-state index contributed by atoms with van der Waals surface area (Å²) in [5, 5.41) is 10.6. The van der Waals surface area contributed by atoms with Crippen LogP contribution in [0, 0.1) is 0 Å². The summed E-state index contributed by atoms with van der Waals surface area (Å²) in [6, 6.07) is 14.9. The lowest BCUT2D eigenvalue weighted by atomic mass is 10.2. The highest BCUT2D eigenvalue weighted by Gasteiger charge is 2.09. The Kier molecular flexibility index (Phi) is 6.59. The van der Waals surface area contributed by atoms with Crippen molar-refractivity contribution in [2.24, 2.45) is 0 Å². The van der Waals surface area contributed by atoms with Crippen LogP contribution < -0.4 is 20.1 Å². The summed E-state index contributed by atoms with van der Waals surface area (Å²) in [6.07, 6.45) is 1.69. The normalized spacial score (nSPS) is 10.2. The fourth-order valence-electron chi connectivity index (χ4n) is 2.33. The Bertz CT molecular complexity index is 941. The SMILES string of the molecule is C=CCOc1cccc(NC(=S)NCc2nc(-c3ccc(OC)cc3)no2)c1. The maximum Gasteiger partial charge on any atom is 0.246 e. The van der Waals surface area contributed by atoms with Gasteiger partial charge in [0.2, 0.25) is 11.7 Å². The predicted molar refractivity (Wildman–Crippen MR) is 111 cm³/mol. The van der Waals surface area contributed by atoms with Gasteiger partial charge in [-0.15, -0.1) is 0 Å². The van der Waals surface area contributed by atoms with E-state index in [1.165, 1.54) is 0 Å². The van der Waals surface area contributed by atoms with E-state index in [1.807, 2.05) is 48.5 Å². The number of methoxy groups -OCH3 is 1. The molecule has 0 saturated carbocycles. The lowest BCUT2D eigenvalue weighted by molar-refractivity contribution is 0.363. The standard InChI is InChI=1S/C20H20N4O3S/c1-3-11-26-17-6-4-5-15(12-17)22-20(28)21-13-18-23-19(24-27-18)14-7-9-16(25-2)10-8-14/h3-10,12H,1,11,13H2,2H3,(H2,21,22,28). The average Bonchev–Trinajstić information content (AvgIpc) is 3.20. The largest absolute Gasteiger partial charge is 0.497 e. The number of thiocarbonyl (C=S) groups is 1. The Hall–Kier alpha value is -3.39. The molecule has 8 heteroatoms. The molecular weight excluding hydrogens is 376 g/mol. The van der Waals surface area contributed by atoms with E-state index in [4.69, 9.17) is 26.2 Å². The van der Waals surface area contributed by atoms with E-state index in [0.717, 1.165) is 22.7 Å². The van der Waals surface area contributed by atoms with Crippen LogP contribution >= 0.6 is 12.2 Å². The molecule has 0 unspecified atom stereocenters. The maximum absolute atomic E-state index is 5.50. The summed E-state index contributed by atoms with van der Waals surface area (Å²) in [5.41, 5.74) is 1.65. The molecule has 0 aliphatic rings. The third-order valence-corrected chi connectivity index (χ3v) is 3.92. The van der Waals surface area contributed by atoms with E-state index in [2.05, 4.69) is 27.4 Å². The minimum atomic E-state index is 0.307. The van der Waals surface area contributed by atoms with Gasteiger partial charge in [-0.1, -0.05) is 23.9 Å². The van der Waals surface area contributed by atoms with Crippen molar-refractivity contribution in [3.63, 3.8) is 0 Å². The average molecular weight is 396 g/mol. The summed E-state index contributed by atoms with van der Waals surface area (Å²) >= 11 is 5.31. The Balaban J connectivity index is 1.53.